The van der Waals surface area contributed by atoms with Crippen LogP contribution in [0.1, 0.15) is 44.4 Å². The van der Waals surface area contributed by atoms with Gasteiger partial charge in [-0.1, -0.05) is 17.4 Å². The highest BCUT2D eigenvalue weighted by atomic mass is 16.4. The van der Waals surface area contributed by atoms with E-state index in [1.807, 2.05) is 6.92 Å². The summed E-state index contributed by atoms with van der Waals surface area (Å²) < 4.78 is 2.63. The Labute approximate surface area is 236 Å². The third-order valence-electron chi connectivity index (χ3n) is 6.09. The summed E-state index contributed by atoms with van der Waals surface area (Å²) in [6, 6.07) is 10.9. The Morgan fingerprint density at radius 3 is 1.62 bits per heavy atom. The number of phenols is 2. The second-order valence-electron chi connectivity index (χ2n) is 8.99. The largest absolute Gasteiger partial charge is 0.507 e. The van der Waals surface area contributed by atoms with Gasteiger partial charge in [-0.3, -0.25) is 4.79 Å². The molecule has 2 aromatic carbocycles. The van der Waals surface area contributed by atoms with E-state index >= 15 is 0 Å². The number of hydrogen-bond acceptors (Lipinski definition) is 10. The molecule has 15 heteroatoms. The molecule has 212 valence electrons. The number of aromatic carboxylic acids is 2. The van der Waals surface area contributed by atoms with E-state index < -0.39 is 23.4 Å². The summed E-state index contributed by atoms with van der Waals surface area (Å²) in [4.78, 5) is 39.9. The zero-order chi connectivity index (χ0) is 30.0. The molecule has 5 rings (SSSR count). The second kappa shape index (κ2) is 11.2. The molecule has 0 bridgehead atoms. The van der Waals surface area contributed by atoms with Gasteiger partial charge >= 0.3 is 11.9 Å². The van der Waals surface area contributed by atoms with Gasteiger partial charge in [-0.15, -0.1) is 10.2 Å². The van der Waals surface area contributed by atoms with Crippen LogP contribution in [0.4, 0.5) is 0 Å². The highest BCUT2D eigenvalue weighted by Crippen LogP contribution is 2.26. The molecular weight excluding hydrogens is 548 g/mol. The van der Waals surface area contributed by atoms with E-state index in [-0.39, 0.29) is 45.4 Å². The normalized spacial score (nSPS) is 10.9. The second-order valence-corrected chi connectivity index (χ2v) is 8.99. The summed E-state index contributed by atoms with van der Waals surface area (Å²) in [5, 5.41) is 57.6. The van der Waals surface area contributed by atoms with Gasteiger partial charge in [-0.25, -0.2) is 23.9 Å². The maximum Gasteiger partial charge on any atom is 0.339 e. The van der Waals surface area contributed by atoms with Crippen LogP contribution >= 0.6 is 0 Å². The third-order valence-corrected chi connectivity index (χ3v) is 6.09. The molecule has 0 fully saturated rings. The number of rotatable bonds is 9. The maximum atomic E-state index is 12.9. The van der Waals surface area contributed by atoms with E-state index in [2.05, 4.69) is 30.9 Å². The summed E-state index contributed by atoms with van der Waals surface area (Å²) in [7, 11) is 0. The Morgan fingerprint density at radius 2 is 1.21 bits per heavy atom. The fourth-order valence-corrected chi connectivity index (χ4v) is 3.97. The van der Waals surface area contributed by atoms with Crippen LogP contribution in [0, 0.1) is 0 Å². The minimum Gasteiger partial charge on any atom is -0.507 e. The van der Waals surface area contributed by atoms with Crippen molar-refractivity contribution in [3.05, 3.63) is 77.6 Å². The molecule has 0 saturated heterocycles. The first-order chi connectivity index (χ1) is 20.1. The van der Waals surface area contributed by atoms with Crippen LogP contribution in [0.15, 0.2) is 60.9 Å². The first kappa shape index (κ1) is 27.4. The van der Waals surface area contributed by atoms with Crippen molar-refractivity contribution < 1.29 is 34.8 Å². The number of hydrogen-bond donors (Lipinski definition) is 5. The molecule has 42 heavy (non-hydrogen) atoms. The Kier molecular flexibility index (Phi) is 7.30. The van der Waals surface area contributed by atoms with E-state index in [1.54, 1.807) is 0 Å². The number of carbonyl (C=O) groups excluding carboxylic acids is 1. The zero-order valence-electron chi connectivity index (χ0n) is 21.8. The SMILES string of the molecule is CCCNC(=O)c1cc(-c2cn(-c3ccc(C(=O)O)c(O)c3)nn2)nc(-c2cn(-c3ccc(C(=O)O)c(O)c3)nn2)c1. The Hall–Kier alpha value is -6.12. The molecule has 5 N–H and O–H groups in total. The van der Waals surface area contributed by atoms with E-state index in [9.17, 15) is 24.6 Å². The first-order valence-corrected chi connectivity index (χ1v) is 12.4. The predicted octanol–water partition coefficient (Wildman–Crippen LogP) is 2.52. The van der Waals surface area contributed by atoms with Gasteiger partial charge in [0.15, 0.2) is 0 Å². The van der Waals surface area contributed by atoms with Crippen LogP contribution in [-0.2, 0) is 0 Å². The Morgan fingerprint density at radius 1 is 0.738 bits per heavy atom. The van der Waals surface area contributed by atoms with Crippen LogP contribution in [0.25, 0.3) is 34.2 Å². The topological polar surface area (TPSA) is 218 Å². The molecule has 0 aliphatic heterocycles. The van der Waals surface area contributed by atoms with Gasteiger partial charge in [0.2, 0.25) is 0 Å². The summed E-state index contributed by atoms with van der Waals surface area (Å²) in [5.74, 6) is -3.80. The van der Waals surface area contributed by atoms with E-state index in [1.165, 1.54) is 70.3 Å². The van der Waals surface area contributed by atoms with Crippen molar-refractivity contribution in [3.8, 4) is 45.6 Å². The highest BCUT2D eigenvalue weighted by molar-refractivity contribution is 5.96. The average Bonchev–Trinajstić information content (AvgIpc) is 3.66. The third kappa shape index (κ3) is 5.46. The number of amides is 1. The fraction of sp³-hybridized carbons (Fsp3) is 0.111. The van der Waals surface area contributed by atoms with Crippen molar-refractivity contribution in [2.75, 3.05) is 6.54 Å². The van der Waals surface area contributed by atoms with E-state index in [4.69, 9.17) is 10.2 Å². The molecule has 0 saturated carbocycles. The van der Waals surface area contributed by atoms with Crippen molar-refractivity contribution >= 4 is 17.8 Å². The van der Waals surface area contributed by atoms with Crippen LogP contribution < -0.4 is 5.32 Å². The number of nitrogens with one attached hydrogen (secondary N) is 1. The van der Waals surface area contributed by atoms with Gasteiger partial charge in [0.25, 0.3) is 5.91 Å². The fourth-order valence-electron chi connectivity index (χ4n) is 3.97. The van der Waals surface area contributed by atoms with Gasteiger partial charge in [0.05, 0.1) is 35.2 Å². The first-order valence-electron chi connectivity index (χ1n) is 12.4. The van der Waals surface area contributed by atoms with Gasteiger partial charge < -0.3 is 25.7 Å². The Bertz CT molecular complexity index is 1730. The standard InChI is InChI=1S/C27H22N8O7/c1-2-7-28-25(38)14-8-19(21-12-34(32-30-21)15-3-5-17(26(39)40)23(36)10-15)29-20(9-14)22-13-35(33-31-22)16-4-6-18(27(41)42)24(37)11-16/h3-6,8-13,36-37H,2,7H2,1H3,(H,28,38)(H,39,40)(H,41,42). The van der Waals surface area contributed by atoms with Gasteiger partial charge in [-0.05, 0) is 42.8 Å². The molecule has 3 aromatic heterocycles. The van der Waals surface area contributed by atoms with Crippen LogP contribution in [0.3, 0.4) is 0 Å². The summed E-state index contributed by atoms with van der Waals surface area (Å²) in [6.45, 7) is 2.37. The van der Waals surface area contributed by atoms with Crippen LogP contribution in [0.5, 0.6) is 11.5 Å². The lowest BCUT2D eigenvalue weighted by atomic mass is 10.1. The van der Waals surface area contributed by atoms with Crippen LogP contribution in [0.2, 0.25) is 0 Å². The van der Waals surface area contributed by atoms with Crippen molar-refractivity contribution in [2.45, 2.75) is 13.3 Å². The number of benzene rings is 2. The molecule has 0 unspecified atom stereocenters. The minimum atomic E-state index is -1.28. The molecular formula is C27H22N8O7. The number of nitrogens with zero attached hydrogens (tertiary/aromatic N) is 7. The quantitative estimate of drug-likeness (QED) is 0.173. The van der Waals surface area contributed by atoms with Crippen molar-refractivity contribution in [2.24, 2.45) is 0 Å². The number of aromatic hydroxyl groups is 2. The summed E-state index contributed by atoms with van der Waals surface area (Å²) in [5.41, 5.74) is 1.49. The zero-order valence-corrected chi connectivity index (χ0v) is 21.8. The molecule has 3 heterocycles. The van der Waals surface area contributed by atoms with Gasteiger partial charge in [0.1, 0.15) is 34.0 Å². The predicted molar refractivity (Wildman–Crippen MR) is 145 cm³/mol. The lowest BCUT2D eigenvalue weighted by Gasteiger charge is -2.07. The smallest absolute Gasteiger partial charge is 0.339 e. The van der Waals surface area contributed by atoms with Crippen molar-refractivity contribution in [3.63, 3.8) is 0 Å². The lowest BCUT2D eigenvalue weighted by molar-refractivity contribution is 0.0682. The minimum absolute atomic E-state index is 0.263. The number of carboxylic acids is 2. The summed E-state index contributed by atoms with van der Waals surface area (Å²) >= 11 is 0. The van der Waals surface area contributed by atoms with E-state index in [0.717, 1.165) is 6.42 Å². The summed E-state index contributed by atoms with van der Waals surface area (Å²) in [6.07, 6.45) is 3.72. The van der Waals surface area contributed by atoms with Crippen molar-refractivity contribution in [1.29, 1.82) is 0 Å². The van der Waals surface area contributed by atoms with E-state index in [0.29, 0.717) is 17.9 Å². The number of pyridine rings is 1. The number of carbonyl (C=O) groups is 3. The number of aromatic nitrogens is 7. The molecule has 5 aromatic rings. The monoisotopic (exact) mass is 570 g/mol. The van der Waals surface area contributed by atoms with Gasteiger partial charge in [-0.2, -0.15) is 0 Å². The Balaban J connectivity index is 1.53. The average molecular weight is 571 g/mol. The van der Waals surface area contributed by atoms with Crippen molar-refractivity contribution in [1.82, 2.24) is 40.3 Å². The molecule has 0 aliphatic rings. The highest BCUT2D eigenvalue weighted by Gasteiger charge is 2.18. The van der Waals surface area contributed by atoms with Crippen LogP contribution in [-0.4, -0.2) is 79.8 Å². The molecule has 1 amide bonds. The molecule has 15 nitrogen and oxygen atoms in total. The molecule has 0 radical (unpaired) electrons. The lowest BCUT2D eigenvalue weighted by Crippen LogP contribution is -2.24. The van der Waals surface area contributed by atoms with Gasteiger partial charge in [0, 0.05) is 24.2 Å². The molecule has 0 atom stereocenters. The number of carboxylic acid groups (broad SMARTS) is 2. The molecule has 0 spiro atoms. The maximum absolute atomic E-state index is 12.9. The molecule has 0 aliphatic carbocycles.